The Bertz CT molecular complexity index is 659. The van der Waals surface area contributed by atoms with E-state index in [4.69, 9.17) is 0 Å². The van der Waals surface area contributed by atoms with E-state index in [1.165, 1.54) is 22.3 Å². The Morgan fingerprint density at radius 2 is 1.67 bits per heavy atom. The van der Waals surface area contributed by atoms with Crippen LogP contribution in [0, 0.1) is 0 Å². The fourth-order valence-corrected chi connectivity index (χ4v) is 2.91. The molecule has 0 fully saturated rings. The lowest BCUT2D eigenvalue weighted by molar-refractivity contribution is 0.601. The molecule has 2 aromatic rings. The second kappa shape index (κ2) is 5.73. The molecule has 0 amide bonds. The van der Waals surface area contributed by atoms with E-state index >= 15 is 0 Å². The smallest absolute Gasteiger partial charge is 0.0142 e. The van der Waals surface area contributed by atoms with Gasteiger partial charge in [0.05, 0.1) is 0 Å². The van der Waals surface area contributed by atoms with E-state index in [0.29, 0.717) is 0 Å². The molecule has 0 saturated carbocycles. The molecule has 0 aromatic heterocycles. The Labute approximate surface area is 127 Å². The van der Waals surface area contributed by atoms with E-state index in [1.807, 2.05) is 0 Å². The van der Waals surface area contributed by atoms with Crippen LogP contribution in [0.2, 0.25) is 0 Å². The summed E-state index contributed by atoms with van der Waals surface area (Å²) in [5.74, 6) is 0. The summed E-state index contributed by atoms with van der Waals surface area (Å²) < 4.78 is 0. The van der Waals surface area contributed by atoms with Gasteiger partial charge in [0.2, 0.25) is 0 Å². The number of hydrogen-bond donors (Lipinski definition) is 0. The average molecular weight is 274 g/mol. The van der Waals surface area contributed by atoms with Crippen molar-refractivity contribution in [1.82, 2.24) is 0 Å². The third kappa shape index (κ3) is 2.85. The van der Waals surface area contributed by atoms with E-state index in [1.54, 1.807) is 0 Å². The largest absolute Gasteiger partial charge is 0.0755 e. The van der Waals surface area contributed by atoms with Crippen molar-refractivity contribution >= 4 is 5.57 Å². The fraction of sp³-hybridized carbons (Fsp3) is 0.238. The van der Waals surface area contributed by atoms with Gasteiger partial charge >= 0.3 is 0 Å². The van der Waals surface area contributed by atoms with Crippen LogP contribution in [0.25, 0.3) is 5.57 Å². The first-order chi connectivity index (χ1) is 10.2. The highest BCUT2D eigenvalue weighted by atomic mass is 14.3. The summed E-state index contributed by atoms with van der Waals surface area (Å²) in [6.45, 7) is 4.51. The quantitative estimate of drug-likeness (QED) is 0.688. The first-order valence-corrected chi connectivity index (χ1v) is 7.75. The van der Waals surface area contributed by atoms with Crippen LogP contribution in [0.15, 0.2) is 72.8 Å². The highest BCUT2D eigenvalue weighted by Gasteiger charge is 2.24. The van der Waals surface area contributed by atoms with Crippen LogP contribution >= 0.6 is 0 Å². The van der Waals surface area contributed by atoms with E-state index < -0.39 is 0 Å². The van der Waals surface area contributed by atoms with Gasteiger partial charge in [0.1, 0.15) is 0 Å². The Balaban J connectivity index is 1.82. The third-order valence-corrected chi connectivity index (χ3v) is 4.51. The Kier molecular flexibility index (Phi) is 3.79. The molecular weight excluding hydrogens is 252 g/mol. The summed E-state index contributed by atoms with van der Waals surface area (Å²) in [7, 11) is 0. The standard InChI is InChI=1S/C21H22/c1-3-17-9-11-18(12-10-17)19-13-15-21(2,16-14-19)20-7-5-4-6-8-20/h4-15H,3,16H2,1-2H3. The monoisotopic (exact) mass is 274 g/mol. The van der Waals surface area contributed by atoms with Gasteiger partial charge in [0, 0.05) is 5.41 Å². The summed E-state index contributed by atoms with van der Waals surface area (Å²) in [6, 6.07) is 19.7. The lowest BCUT2D eigenvalue weighted by atomic mass is 9.75. The molecule has 3 rings (SSSR count). The van der Waals surface area contributed by atoms with Crippen molar-refractivity contribution in [2.75, 3.05) is 0 Å². The van der Waals surface area contributed by atoms with Crippen LogP contribution in [0.3, 0.4) is 0 Å². The van der Waals surface area contributed by atoms with Crippen LogP contribution in [-0.4, -0.2) is 0 Å². The van der Waals surface area contributed by atoms with Crippen molar-refractivity contribution in [1.29, 1.82) is 0 Å². The summed E-state index contributed by atoms with van der Waals surface area (Å²) in [6.07, 6.45) is 9.15. The van der Waals surface area contributed by atoms with Gasteiger partial charge < -0.3 is 0 Å². The summed E-state index contributed by atoms with van der Waals surface area (Å²) in [4.78, 5) is 0. The normalized spacial score (nSPS) is 21.1. The van der Waals surface area contributed by atoms with Gasteiger partial charge in [-0.05, 0) is 35.1 Å². The van der Waals surface area contributed by atoms with Crippen LogP contribution < -0.4 is 0 Å². The van der Waals surface area contributed by atoms with Gasteiger partial charge in [-0.2, -0.15) is 0 Å². The molecule has 0 N–H and O–H groups in total. The lowest BCUT2D eigenvalue weighted by Gasteiger charge is -2.28. The molecule has 0 nitrogen and oxygen atoms in total. The van der Waals surface area contributed by atoms with E-state index in [0.717, 1.165) is 12.8 Å². The zero-order valence-electron chi connectivity index (χ0n) is 12.8. The molecule has 1 unspecified atom stereocenters. The second-order valence-corrected chi connectivity index (χ2v) is 6.03. The number of aryl methyl sites for hydroxylation is 1. The molecule has 0 spiro atoms. The first-order valence-electron chi connectivity index (χ1n) is 7.75. The van der Waals surface area contributed by atoms with Gasteiger partial charge in [-0.15, -0.1) is 0 Å². The van der Waals surface area contributed by atoms with Crippen molar-refractivity contribution in [3.05, 3.63) is 89.5 Å². The number of hydrogen-bond acceptors (Lipinski definition) is 0. The predicted molar refractivity (Wildman–Crippen MR) is 91.3 cm³/mol. The minimum atomic E-state index is 0.119. The van der Waals surface area contributed by atoms with E-state index in [2.05, 4.69) is 86.7 Å². The SMILES string of the molecule is CCc1ccc(C2=CCC(C)(c3ccccc3)C=C2)cc1. The summed E-state index contributed by atoms with van der Waals surface area (Å²) >= 11 is 0. The molecule has 0 radical (unpaired) electrons. The van der Waals surface area contributed by atoms with Crippen LogP contribution in [0.1, 0.15) is 37.0 Å². The number of rotatable bonds is 3. The maximum atomic E-state index is 2.37. The molecule has 2 aromatic carbocycles. The van der Waals surface area contributed by atoms with Gasteiger partial charge in [-0.1, -0.05) is 86.7 Å². The molecule has 0 bridgehead atoms. The summed E-state index contributed by atoms with van der Waals surface area (Å²) in [5.41, 5.74) is 5.56. The van der Waals surface area contributed by atoms with Gasteiger partial charge in [0.25, 0.3) is 0 Å². The maximum Gasteiger partial charge on any atom is 0.0142 e. The molecule has 0 saturated heterocycles. The zero-order valence-corrected chi connectivity index (χ0v) is 12.8. The average Bonchev–Trinajstić information content (AvgIpc) is 2.57. The van der Waals surface area contributed by atoms with Crippen molar-refractivity contribution in [3.63, 3.8) is 0 Å². The lowest BCUT2D eigenvalue weighted by Crippen LogP contribution is -2.19. The molecule has 1 aliphatic rings. The molecular formula is C21H22. The molecule has 1 atom stereocenters. The molecule has 1 aliphatic carbocycles. The summed E-state index contributed by atoms with van der Waals surface area (Å²) in [5, 5.41) is 0. The molecule has 106 valence electrons. The Hall–Kier alpha value is -2.08. The zero-order chi connectivity index (χ0) is 14.7. The fourth-order valence-electron chi connectivity index (χ4n) is 2.91. The maximum absolute atomic E-state index is 2.37. The number of benzene rings is 2. The van der Waals surface area contributed by atoms with Crippen molar-refractivity contribution in [2.24, 2.45) is 0 Å². The second-order valence-electron chi connectivity index (χ2n) is 6.03. The van der Waals surface area contributed by atoms with Crippen molar-refractivity contribution in [2.45, 2.75) is 32.1 Å². The van der Waals surface area contributed by atoms with E-state index in [9.17, 15) is 0 Å². The molecule has 0 heterocycles. The molecule has 0 aliphatic heterocycles. The van der Waals surface area contributed by atoms with Crippen LogP contribution in [0.5, 0.6) is 0 Å². The Morgan fingerprint density at radius 1 is 0.952 bits per heavy atom. The minimum Gasteiger partial charge on any atom is -0.0755 e. The predicted octanol–water partition coefficient (Wildman–Crippen LogP) is 5.55. The first kappa shape index (κ1) is 13.9. The van der Waals surface area contributed by atoms with Crippen molar-refractivity contribution < 1.29 is 0 Å². The van der Waals surface area contributed by atoms with Crippen LogP contribution in [-0.2, 0) is 11.8 Å². The van der Waals surface area contributed by atoms with Gasteiger partial charge in [0.15, 0.2) is 0 Å². The highest BCUT2D eigenvalue weighted by molar-refractivity contribution is 5.76. The van der Waals surface area contributed by atoms with Crippen LogP contribution in [0.4, 0.5) is 0 Å². The van der Waals surface area contributed by atoms with Gasteiger partial charge in [-0.3, -0.25) is 0 Å². The third-order valence-electron chi connectivity index (χ3n) is 4.51. The molecule has 21 heavy (non-hydrogen) atoms. The van der Waals surface area contributed by atoms with Gasteiger partial charge in [-0.25, -0.2) is 0 Å². The highest BCUT2D eigenvalue weighted by Crippen LogP contribution is 2.35. The minimum absolute atomic E-state index is 0.119. The van der Waals surface area contributed by atoms with Crippen molar-refractivity contribution in [3.8, 4) is 0 Å². The topological polar surface area (TPSA) is 0 Å². The Morgan fingerprint density at radius 3 is 2.24 bits per heavy atom. The number of allylic oxidation sites excluding steroid dienone is 4. The molecule has 0 heteroatoms. The van der Waals surface area contributed by atoms with E-state index in [-0.39, 0.29) is 5.41 Å².